The van der Waals surface area contributed by atoms with Gasteiger partial charge in [0.05, 0.1) is 15.7 Å². The topological polar surface area (TPSA) is 18.5 Å². The monoisotopic (exact) mass is 314 g/mol. The molecule has 0 radical (unpaired) electrons. The highest BCUT2D eigenvalue weighted by molar-refractivity contribution is 9.10. The summed E-state index contributed by atoms with van der Waals surface area (Å²) in [6.45, 7) is 9.73. The lowest BCUT2D eigenvalue weighted by molar-refractivity contribution is 0.00578. The normalized spacial score (nSPS) is 21.4. The summed E-state index contributed by atoms with van der Waals surface area (Å²) >= 11 is 3.21. The van der Waals surface area contributed by atoms with Crippen LogP contribution in [0, 0.1) is 12.7 Å². The summed E-state index contributed by atoms with van der Waals surface area (Å²) in [7, 11) is -0.661. The van der Waals surface area contributed by atoms with Gasteiger partial charge in [-0.05, 0) is 56.6 Å². The Kier molecular flexibility index (Phi) is 3.37. The summed E-state index contributed by atoms with van der Waals surface area (Å²) in [5.41, 5.74) is 0.495. The van der Waals surface area contributed by atoms with Gasteiger partial charge in [-0.25, -0.2) is 4.39 Å². The summed E-state index contributed by atoms with van der Waals surface area (Å²) in [4.78, 5) is 0. The van der Waals surface area contributed by atoms with Crippen LogP contribution in [-0.2, 0) is 9.31 Å². The molecule has 98 valence electrons. The average Bonchev–Trinajstić information content (AvgIpc) is 2.42. The fourth-order valence-electron chi connectivity index (χ4n) is 1.89. The Morgan fingerprint density at radius 2 is 1.61 bits per heavy atom. The van der Waals surface area contributed by atoms with Crippen molar-refractivity contribution in [3.8, 4) is 0 Å². The molecule has 0 atom stereocenters. The molecule has 0 N–H and O–H groups in total. The van der Waals surface area contributed by atoms with Crippen LogP contribution in [0.3, 0.4) is 0 Å². The standard InChI is InChI=1S/C13H17BBrFO2/c1-8-6-9(11(16)10(15)7-8)14-17-12(2,3)13(4,5)18-14/h6-7H,1-5H3. The van der Waals surface area contributed by atoms with Crippen LogP contribution in [0.15, 0.2) is 16.6 Å². The molecule has 0 spiro atoms. The number of aryl methyl sites for hydroxylation is 1. The number of halogens is 2. The second-order valence-corrected chi connectivity index (χ2v) is 6.59. The van der Waals surface area contributed by atoms with Gasteiger partial charge in [0.25, 0.3) is 0 Å². The van der Waals surface area contributed by atoms with Crippen molar-refractivity contribution >= 4 is 28.5 Å². The molecule has 5 heteroatoms. The van der Waals surface area contributed by atoms with Gasteiger partial charge < -0.3 is 9.31 Å². The van der Waals surface area contributed by atoms with E-state index in [4.69, 9.17) is 9.31 Å². The van der Waals surface area contributed by atoms with Crippen LogP contribution >= 0.6 is 15.9 Å². The summed E-state index contributed by atoms with van der Waals surface area (Å²) in [6, 6.07) is 3.51. The van der Waals surface area contributed by atoms with Crippen LogP contribution in [0.2, 0.25) is 0 Å². The van der Waals surface area contributed by atoms with Gasteiger partial charge in [-0.15, -0.1) is 0 Å². The summed E-state index contributed by atoms with van der Waals surface area (Å²) in [5.74, 6) is -0.320. The van der Waals surface area contributed by atoms with Crippen LogP contribution in [0.1, 0.15) is 33.3 Å². The third kappa shape index (κ3) is 2.24. The van der Waals surface area contributed by atoms with Gasteiger partial charge in [0.2, 0.25) is 0 Å². The van der Waals surface area contributed by atoms with E-state index in [1.165, 1.54) is 0 Å². The molecule has 1 aliphatic heterocycles. The molecule has 1 fully saturated rings. The van der Waals surface area contributed by atoms with Gasteiger partial charge in [0, 0.05) is 5.46 Å². The van der Waals surface area contributed by atoms with E-state index in [-0.39, 0.29) is 5.82 Å². The van der Waals surface area contributed by atoms with Crippen LogP contribution in [0.4, 0.5) is 4.39 Å². The van der Waals surface area contributed by atoms with E-state index in [9.17, 15) is 4.39 Å². The average molecular weight is 315 g/mol. The molecule has 1 aromatic rings. The first kappa shape index (κ1) is 14.0. The maximum Gasteiger partial charge on any atom is 0.497 e. The number of rotatable bonds is 1. The molecule has 0 saturated carbocycles. The molecule has 18 heavy (non-hydrogen) atoms. The van der Waals surface area contributed by atoms with E-state index in [0.29, 0.717) is 9.94 Å². The SMILES string of the molecule is Cc1cc(Br)c(F)c(B2OC(C)(C)C(C)(C)O2)c1. The van der Waals surface area contributed by atoms with Crippen molar-refractivity contribution in [2.45, 2.75) is 45.8 Å². The largest absolute Gasteiger partial charge is 0.497 e. The highest BCUT2D eigenvalue weighted by Gasteiger charge is 2.52. The van der Waals surface area contributed by atoms with Crippen molar-refractivity contribution in [3.05, 3.63) is 28.0 Å². The van der Waals surface area contributed by atoms with E-state index in [1.54, 1.807) is 12.1 Å². The van der Waals surface area contributed by atoms with E-state index in [1.807, 2.05) is 34.6 Å². The Bertz CT molecular complexity index is 472. The van der Waals surface area contributed by atoms with Crippen molar-refractivity contribution in [3.63, 3.8) is 0 Å². The van der Waals surface area contributed by atoms with E-state index >= 15 is 0 Å². The lowest BCUT2D eigenvalue weighted by Crippen LogP contribution is -2.41. The van der Waals surface area contributed by atoms with Crippen LogP contribution in [0.25, 0.3) is 0 Å². The van der Waals surface area contributed by atoms with Crippen LogP contribution < -0.4 is 5.46 Å². The zero-order valence-corrected chi connectivity index (χ0v) is 12.9. The predicted octanol–water partition coefficient (Wildman–Crippen LogP) is 3.20. The third-order valence-electron chi connectivity index (χ3n) is 3.71. The van der Waals surface area contributed by atoms with Crippen molar-refractivity contribution in [2.24, 2.45) is 0 Å². The van der Waals surface area contributed by atoms with Gasteiger partial charge in [0.15, 0.2) is 0 Å². The van der Waals surface area contributed by atoms with E-state index in [0.717, 1.165) is 5.56 Å². The van der Waals surface area contributed by atoms with Crippen LogP contribution in [0.5, 0.6) is 0 Å². The van der Waals surface area contributed by atoms with Gasteiger partial charge in [-0.2, -0.15) is 0 Å². The Morgan fingerprint density at radius 1 is 1.11 bits per heavy atom. The minimum absolute atomic E-state index is 0.320. The Hall–Kier alpha value is -0.385. The highest BCUT2D eigenvalue weighted by Crippen LogP contribution is 2.37. The van der Waals surface area contributed by atoms with Gasteiger partial charge in [-0.1, -0.05) is 11.6 Å². The van der Waals surface area contributed by atoms with Crippen molar-refractivity contribution in [1.82, 2.24) is 0 Å². The number of benzene rings is 1. The van der Waals surface area contributed by atoms with Gasteiger partial charge >= 0.3 is 7.12 Å². The van der Waals surface area contributed by atoms with E-state index < -0.39 is 18.3 Å². The fourth-order valence-corrected chi connectivity index (χ4v) is 2.48. The van der Waals surface area contributed by atoms with Crippen molar-refractivity contribution in [1.29, 1.82) is 0 Å². The Balaban J connectivity index is 2.41. The molecule has 0 bridgehead atoms. The zero-order valence-electron chi connectivity index (χ0n) is 11.3. The van der Waals surface area contributed by atoms with Gasteiger partial charge in [-0.3, -0.25) is 0 Å². The molecule has 1 aromatic carbocycles. The first-order valence-corrected chi connectivity index (χ1v) is 6.74. The zero-order chi connectivity index (χ0) is 13.7. The molecule has 0 amide bonds. The lowest BCUT2D eigenvalue weighted by atomic mass is 9.78. The lowest BCUT2D eigenvalue weighted by Gasteiger charge is -2.32. The molecule has 0 aliphatic carbocycles. The first-order chi connectivity index (χ1) is 8.14. The second-order valence-electron chi connectivity index (χ2n) is 5.74. The highest BCUT2D eigenvalue weighted by atomic mass is 79.9. The molecule has 0 aromatic heterocycles. The molecule has 2 rings (SSSR count). The van der Waals surface area contributed by atoms with Crippen molar-refractivity contribution in [2.75, 3.05) is 0 Å². The maximum atomic E-state index is 14.1. The van der Waals surface area contributed by atoms with Gasteiger partial charge in [0.1, 0.15) is 5.82 Å². The minimum Gasteiger partial charge on any atom is -0.399 e. The smallest absolute Gasteiger partial charge is 0.399 e. The molecular weight excluding hydrogens is 298 g/mol. The molecular formula is C13H17BBrFO2. The van der Waals surface area contributed by atoms with Crippen molar-refractivity contribution < 1.29 is 13.7 Å². The second kappa shape index (κ2) is 4.32. The van der Waals surface area contributed by atoms with Crippen LogP contribution in [-0.4, -0.2) is 18.3 Å². The summed E-state index contributed by atoms with van der Waals surface area (Å²) in [6.07, 6.45) is 0. The third-order valence-corrected chi connectivity index (χ3v) is 4.28. The maximum absolute atomic E-state index is 14.1. The Labute approximate surface area is 116 Å². The summed E-state index contributed by atoms with van der Waals surface area (Å²) in [5, 5.41) is 0. The fraction of sp³-hybridized carbons (Fsp3) is 0.538. The minimum atomic E-state index is -0.661. The molecule has 1 heterocycles. The summed E-state index contributed by atoms with van der Waals surface area (Å²) < 4.78 is 26.3. The predicted molar refractivity (Wildman–Crippen MR) is 74.6 cm³/mol. The Morgan fingerprint density at radius 3 is 2.11 bits per heavy atom. The molecule has 2 nitrogen and oxygen atoms in total. The number of hydrogen-bond donors (Lipinski definition) is 0. The van der Waals surface area contributed by atoms with E-state index in [2.05, 4.69) is 15.9 Å². The molecule has 1 saturated heterocycles. The number of hydrogen-bond acceptors (Lipinski definition) is 2. The molecule has 0 unspecified atom stereocenters. The quantitative estimate of drug-likeness (QED) is 0.741. The first-order valence-electron chi connectivity index (χ1n) is 5.95. The molecule has 1 aliphatic rings.